The van der Waals surface area contributed by atoms with Crippen molar-refractivity contribution in [1.29, 1.82) is 0 Å². The van der Waals surface area contributed by atoms with E-state index in [9.17, 15) is 4.79 Å². The summed E-state index contributed by atoms with van der Waals surface area (Å²) in [6.07, 6.45) is 3.50. The fourth-order valence-corrected chi connectivity index (χ4v) is 4.41. The molecular formula is C22H32O10. The lowest BCUT2D eigenvalue weighted by Gasteiger charge is -2.28. The first-order valence-electron chi connectivity index (χ1n) is 11.8. The number of hydrogen-bond donors (Lipinski definition) is 0. The van der Waals surface area contributed by atoms with Gasteiger partial charge < -0.3 is 42.6 Å². The fourth-order valence-electron chi connectivity index (χ4n) is 4.41. The SMILES string of the molecule is O=C1O[C@H]([C@H](COC2CCCO2)OC2CCCO2)C(OC2CCCO2)=C1OC1CCCO1. The molecule has 0 amide bonds. The van der Waals surface area contributed by atoms with Crippen molar-refractivity contribution in [1.82, 2.24) is 0 Å². The molecule has 180 valence electrons. The Balaban J connectivity index is 1.35. The van der Waals surface area contributed by atoms with Crippen LogP contribution in [-0.2, 0) is 47.4 Å². The maximum Gasteiger partial charge on any atom is 0.378 e. The van der Waals surface area contributed by atoms with Gasteiger partial charge in [-0.05, 0) is 25.7 Å². The summed E-state index contributed by atoms with van der Waals surface area (Å²) in [4.78, 5) is 12.8. The Hall–Kier alpha value is -1.43. The molecule has 10 nitrogen and oxygen atoms in total. The van der Waals surface area contributed by atoms with E-state index in [1.54, 1.807) is 0 Å². The van der Waals surface area contributed by atoms with Gasteiger partial charge in [0.1, 0.15) is 6.10 Å². The Morgan fingerprint density at radius 2 is 1.31 bits per heavy atom. The molecule has 0 aromatic carbocycles. The summed E-state index contributed by atoms with van der Waals surface area (Å²) in [5.74, 6) is -0.302. The van der Waals surface area contributed by atoms with Gasteiger partial charge in [0.2, 0.25) is 5.76 Å². The lowest BCUT2D eigenvalue weighted by molar-refractivity contribution is -0.213. The molecular weight excluding hydrogens is 424 g/mol. The highest BCUT2D eigenvalue weighted by atomic mass is 16.7. The van der Waals surface area contributed by atoms with Crippen LogP contribution in [0.15, 0.2) is 11.5 Å². The average molecular weight is 456 g/mol. The van der Waals surface area contributed by atoms with Gasteiger partial charge in [-0.2, -0.15) is 0 Å². The lowest BCUT2D eigenvalue weighted by Crippen LogP contribution is -2.40. The highest BCUT2D eigenvalue weighted by molar-refractivity contribution is 5.89. The quantitative estimate of drug-likeness (QED) is 0.454. The van der Waals surface area contributed by atoms with Crippen LogP contribution in [0.5, 0.6) is 0 Å². The van der Waals surface area contributed by atoms with E-state index in [1.165, 1.54) is 0 Å². The Bertz CT molecular complexity index is 658. The normalized spacial score (nSPS) is 36.1. The summed E-state index contributed by atoms with van der Waals surface area (Å²) in [7, 11) is 0. The average Bonchev–Trinajstić information content (AvgIpc) is 3.61. The van der Waals surface area contributed by atoms with E-state index in [0.29, 0.717) is 32.8 Å². The third-order valence-corrected chi connectivity index (χ3v) is 6.07. The molecule has 5 aliphatic heterocycles. The van der Waals surface area contributed by atoms with Crippen molar-refractivity contribution in [3.05, 3.63) is 11.5 Å². The summed E-state index contributed by atoms with van der Waals surface area (Å²) in [6.45, 7) is 2.67. The summed E-state index contributed by atoms with van der Waals surface area (Å²) in [5, 5.41) is 0. The van der Waals surface area contributed by atoms with Crippen molar-refractivity contribution in [3.8, 4) is 0 Å². The Morgan fingerprint density at radius 3 is 1.91 bits per heavy atom. The molecule has 4 saturated heterocycles. The molecule has 0 N–H and O–H groups in total. The summed E-state index contributed by atoms with van der Waals surface area (Å²) < 4.78 is 52.3. The number of ether oxygens (including phenoxy) is 9. The molecule has 0 aliphatic carbocycles. The van der Waals surface area contributed by atoms with Crippen LogP contribution in [0.4, 0.5) is 0 Å². The maximum absolute atomic E-state index is 12.8. The lowest BCUT2D eigenvalue weighted by atomic mass is 10.1. The molecule has 0 saturated carbocycles. The summed E-state index contributed by atoms with van der Waals surface area (Å²) >= 11 is 0. The van der Waals surface area contributed by atoms with Crippen LogP contribution >= 0.6 is 0 Å². The third-order valence-electron chi connectivity index (χ3n) is 6.07. The first-order valence-corrected chi connectivity index (χ1v) is 11.8. The van der Waals surface area contributed by atoms with Crippen LogP contribution in [-0.4, -0.2) is 76.4 Å². The molecule has 0 radical (unpaired) electrons. The second kappa shape index (κ2) is 10.7. The van der Waals surface area contributed by atoms with Crippen LogP contribution in [0.1, 0.15) is 51.4 Å². The first-order chi connectivity index (χ1) is 15.8. The Morgan fingerprint density at radius 1 is 0.750 bits per heavy atom. The van der Waals surface area contributed by atoms with Crippen LogP contribution in [0.3, 0.4) is 0 Å². The number of esters is 1. The highest BCUT2D eigenvalue weighted by Crippen LogP contribution is 2.34. The molecule has 0 aromatic rings. The van der Waals surface area contributed by atoms with Crippen LogP contribution < -0.4 is 0 Å². The number of rotatable bonds is 10. The van der Waals surface area contributed by atoms with E-state index in [-0.39, 0.29) is 30.7 Å². The van der Waals surface area contributed by atoms with Gasteiger partial charge in [0, 0.05) is 38.9 Å². The maximum atomic E-state index is 12.8. The van der Waals surface area contributed by atoms with Gasteiger partial charge >= 0.3 is 5.97 Å². The monoisotopic (exact) mass is 456 g/mol. The van der Waals surface area contributed by atoms with Gasteiger partial charge in [-0.3, -0.25) is 0 Å². The summed E-state index contributed by atoms with van der Waals surface area (Å²) in [5.41, 5.74) is 0. The third kappa shape index (κ3) is 5.37. The van der Waals surface area contributed by atoms with E-state index < -0.39 is 30.8 Å². The minimum Gasteiger partial charge on any atom is -0.461 e. The van der Waals surface area contributed by atoms with E-state index in [4.69, 9.17) is 42.6 Å². The van der Waals surface area contributed by atoms with Gasteiger partial charge in [-0.15, -0.1) is 0 Å². The largest absolute Gasteiger partial charge is 0.461 e. The predicted molar refractivity (Wildman–Crippen MR) is 106 cm³/mol. The van der Waals surface area contributed by atoms with Gasteiger partial charge in [0.05, 0.1) is 19.8 Å². The van der Waals surface area contributed by atoms with Crippen molar-refractivity contribution in [3.63, 3.8) is 0 Å². The molecule has 4 fully saturated rings. The number of carbonyl (C=O) groups is 1. The molecule has 0 spiro atoms. The molecule has 4 unspecified atom stereocenters. The van der Waals surface area contributed by atoms with Crippen LogP contribution in [0.2, 0.25) is 0 Å². The van der Waals surface area contributed by atoms with Gasteiger partial charge in [-0.1, -0.05) is 0 Å². The zero-order chi connectivity index (χ0) is 21.8. The zero-order valence-electron chi connectivity index (χ0n) is 18.2. The van der Waals surface area contributed by atoms with Crippen molar-refractivity contribution in [2.24, 2.45) is 0 Å². The molecule has 32 heavy (non-hydrogen) atoms. The minimum atomic E-state index is -0.839. The second-order valence-corrected chi connectivity index (χ2v) is 8.53. The van der Waals surface area contributed by atoms with Crippen LogP contribution in [0, 0.1) is 0 Å². The fraction of sp³-hybridized carbons (Fsp3) is 0.864. The van der Waals surface area contributed by atoms with Crippen molar-refractivity contribution < 1.29 is 47.4 Å². The van der Waals surface area contributed by atoms with Crippen molar-refractivity contribution >= 4 is 5.97 Å². The minimum absolute atomic E-state index is 0.0236. The van der Waals surface area contributed by atoms with E-state index in [1.807, 2.05) is 0 Å². The number of hydrogen-bond acceptors (Lipinski definition) is 10. The van der Waals surface area contributed by atoms with E-state index in [0.717, 1.165) is 44.9 Å². The summed E-state index contributed by atoms with van der Waals surface area (Å²) in [6, 6.07) is 0. The molecule has 5 rings (SSSR count). The number of carbonyl (C=O) groups excluding carboxylic acids is 1. The van der Waals surface area contributed by atoms with Crippen molar-refractivity contribution in [2.45, 2.75) is 88.7 Å². The standard InChI is InChI=1S/C22H32O10/c23-22-21(31-18-8-4-12-27-18)20(30-17-7-3-11-26-17)19(32-22)14(29-16-6-2-10-25-16)13-28-15-5-1-9-24-15/h14-19H,1-13H2/t14-,15?,16?,17?,18?,19+/m0/s1. The Labute approximate surface area is 187 Å². The smallest absolute Gasteiger partial charge is 0.378 e. The Kier molecular flexibility index (Phi) is 7.46. The van der Waals surface area contributed by atoms with E-state index >= 15 is 0 Å². The highest BCUT2D eigenvalue weighted by Gasteiger charge is 2.47. The molecule has 5 heterocycles. The predicted octanol–water partition coefficient (Wildman–Crippen LogP) is 2.10. The van der Waals surface area contributed by atoms with Crippen molar-refractivity contribution in [2.75, 3.05) is 33.0 Å². The number of cyclic esters (lactones) is 1. The van der Waals surface area contributed by atoms with Gasteiger partial charge in [0.25, 0.3) is 0 Å². The molecule has 5 aliphatic rings. The molecule has 0 bridgehead atoms. The molecule has 6 atom stereocenters. The molecule has 0 aromatic heterocycles. The zero-order valence-corrected chi connectivity index (χ0v) is 18.2. The van der Waals surface area contributed by atoms with E-state index in [2.05, 4.69) is 0 Å². The first kappa shape index (κ1) is 22.4. The van der Waals surface area contributed by atoms with Crippen LogP contribution in [0.25, 0.3) is 0 Å². The topological polar surface area (TPSA) is 100 Å². The van der Waals surface area contributed by atoms with Gasteiger partial charge in [-0.25, -0.2) is 4.79 Å². The molecule has 10 heteroatoms. The second-order valence-electron chi connectivity index (χ2n) is 8.53. The van der Waals surface area contributed by atoms with Gasteiger partial charge in [0.15, 0.2) is 37.0 Å².